The van der Waals surface area contributed by atoms with Crippen molar-refractivity contribution >= 4 is 11.9 Å². The number of carbonyl (C=O) groups excluding carboxylic acids is 1. The topological polar surface area (TPSA) is 78.9 Å². The van der Waals surface area contributed by atoms with Gasteiger partial charge < -0.3 is 20.1 Å². The number of hydrogen-bond acceptors (Lipinski definition) is 4. The van der Waals surface area contributed by atoms with Gasteiger partial charge in [-0.25, -0.2) is 0 Å². The zero-order valence-corrected chi connectivity index (χ0v) is 12.9. The molecular weight excluding hydrogens is 272 g/mol. The number of aliphatic carboxylic acids is 1. The molecule has 1 amide bonds. The number of nitrogens with zero attached hydrogens (tertiary/aromatic N) is 1. The number of amides is 1. The summed E-state index contributed by atoms with van der Waals surface area (Å²) in [5, 5.41) is 12.3. The van der Waals surface area contributed by atoms with Crippen molar-refractivity contribution < 1.29 is 19.4 Å². The lowest BCUT2D eigenvalue weighted by Crippen LogP contribution is -2.50. The molecule has 1 saturated heterocycles. The zero-order valence-electron chi connectivity index (χ0n) is 12.9. The van der Waals surface area contributed by atoms with E-state index in [0.717, 1.165) is 19.3 Å². The summed E-state index contributed by atoms with van der Waals surface area (Å²) in [6, 6.07) is 0. The first-order valence-corrected chi connectivity index (χ1v) is 7.84. The minimum Gasteiger partial charge on any atom is -0.481 e. The summed E-state index contributed by atoms with van der Waals surface area (Å²) in [5.41, 5.74) is 0. The molecule has 21 heavy (non-hydrogen) atoms. The molecule has 2 fully saturated rings. The van der Waals surface area contributed by atoms with Crippen LogP contribution in [0.3, 0.4) is 0 Å². The summed E-state index contributed by atoms with van der Waals surface area (Å²) in [5.74, 6) is -0.739. The molecule has 6 heteroatoms. The SMILES string of the molecule is CC1CN(C(=O)CNCC2CCCC2C(=O)O)CC(C)O1. The van der Waals surface area contributed by atoms with Gasteiger partial charge in [-0.15, -0.1) is 0 Å². The van der Waals surface area contributed by atoms with Gasteiger partial charge in [0.05, 0.1) is 24.7 Å². The first-order valence-electron chi connectivity index (χ1n) is 7.84. The predicted molar refractivity (Wildman–Crippen MR) is 77.9 cm³/mol. The highest BCUT2D eigenvalue weighted by Crippen LogP contribution is 2.31. The van der Waals surface area contributed by atoms with Crippen LogP contribution in [0, 0.1) is 11.8 Å². The van der Waals surface area contributed by atoms with Crippen molar-refractivity contribution in [3.63, 3.8) is 0 Å². The predicted octanol–water partition coefficient (Wildman–Crippen LogP) is 0.713. The number of nitrogens with one attached hydrogen (secondary N) is 1. The molecule has 1 heterocycles. The number of ether oxygens (including phenoxy) is 1. The van der Waals surface area contributed by atoms with Gasteiger partial charge in [-0.3, -0.25) is 9.59 Å². The number of carboxylic acid groups (broad SMARTS) is 1. The Balaban J connectivity index is 1.73. The van der Waals surface area contributed by atoms with Crippen molar-refractivity contribution in [3.05, 3.63) is 0 Å². The fourth-order valence-electron chi connectivity index (χ4n) is 3.46. The van der Waals surface area contributed by atoms with E-state index in [9.17, 15) is 9.59 Å². The number of carbonyl (C=O) groups is 2. The van der Waals surface area contributed by atoms with Crippen LogP contribution in [0.15, 0.2) is 0 Å². The van der Waals surface area contributed by atoms with Crippen molar-refractivity contribution in [3.8, 4) is 0 Å². The third-order valence-corrected chi connectivity index (χ3v) is 4.43. The maximum Gasteiger partial charge on any atom is 0.306 e. The van der Waals surface area contributed by atoms with E-state index < -0.39 is 5.97 Å². The summed E-state index contributed by atoms with van der Waals surface area (Å²) in [4.78, 5) is 25.1. The molecule has 0 bridgehead atoms. The molecule has 1 saturated carbocycles. The lowest BCUT2D eigenvalue weighted by Gasteiger charge is -2.35. The second-order valence-corrected chi connectivity index (χ2v) is 6.32. The van der Waals surface area contributed by atoms with Crippen LogP contribution in [0.1, 0.15) is 33.1 Å². The van der Waals surface area contributed by atoms with E-state index in [-0.39, 0.29) is 36.5 Å². The van der Waals surface area contributed by atoms with E-state index in [0.29, 0.717) is 19.6 Å². The Morgan fingerprint density at radius 2 is 1.90 bits per heavy atom. The van der Waals surface area contributed by atoms with Crippen LogP contribution in [0.25, 0.3) is 0 Å². The van der Waals surface area contributed by atoms with Crippen LogP contribution in [0.4, 0.5) is 0 Å². The second kappa shape index (κ2) is 7.22. The summed E-state index contributed by atoms with van der Waals surface area (Å²) in [6.45, 7) is 6.09. The van der Waals surface area contributed by atoms with E-state index in [1.165, 1.54) is 0 Å². The van der Waals surface area contributed by atoms with Crippen molar-refractivity contribution in [1.29, 1.82) is 0 Å². The molecule has 4 atom stereocenters. The summed E-state index contributed by atoms with van der Waals surface area (Å²) >= 11 is 0. The number of carboxylic acids is 1. The van der Waals surface area contributed by atoms with Gasteiger partial charge in [0.2, 0.25) is 5.91 Å². The molecular formula is C15H26N2O4. The highest BCUT2D eigenvalue weighted by molar-refractivity contribution is 5.78. The average Bonchev–Trinajstić information content (AvgIpc) is 2.86. The van der Waals surface area contributed by atoms with Gasteiger partial charge in [0.25, 0.3) is 0 Å². The van der Waals surface area contributed by atoms with E-state index in [1.54, 1.807) is 0 Å². The van der Waals surface area contributed by atoms with Crippen LogP contribution in [0.2, 0.25) is 0 Å². The molecule has 2 rings (SSSR count). The lowest BCUT2D eigenvalue weighted by atomic mass is 9.96. The van der Waals surface area contributed by atoms with Gasteiger partial charge in [0.1, 0.15) is 0 Å². The van der Waals surface area contributed by atoms with E-state index in [2.05, 4.69) is 5.32 Å². The standard InChI is InChI=1S/C15H26N2O4/c1-10-8-17(9-11(2)21-10)14(18)7-16-6-12-4-3-5-13(12)15(19)20/h10-13,16H,3-9H2,1-2H3,(H,19,20). The normalized spacial score (nSPS) is 33.1. The largest absolute Gasteiger partial charge is 0.481 e. The Morgan fingerprint density at radius 3 is 2.52 bits per heavy atom. The van der Waals surface area contributed by atoms with E-state index >= 15 is 0 Å². The van der Waals surface area contributed by atoms with Gasteiger partial charge in [-0.05, 0) is 39.2 Å². The molecule has 1 aliphatic carbocycles. The van der Waals surface area contributed by atoms with Crippen LogP contribution in [-0.4, -0.2) is 60.3 Å². The molecule has 2 N–H and O–H groups in total. The van der Waals surface area contributed by atoms with Crippen molar-refractivity contribution in [2.24, 2.45) is 11.8 Å². The quantitative estimate of drug-likeness (QED) is 0.781. The average molecular weight is 298 g/mol. The van der Waals surface area contributed by atoms with Gasteiger partial charge in [-0.1, -0.05) is 6.42 Å². The molecule has 2 aliphatic rings. The Morgan fingerprint density at radius 1 is 1.24 bits per heavy atom. The maximum absolute atomic E-state index is 12.2. The summed E-state index contributed by atoms with van der Waals surface area (Å²) in [6.07, 6.45) is 2.81. The first kappa shape index (κ1) is 16.2. The minimum atomic E-state index is -0.707. The van der Waals surface area contributed by atoms with Crippen LogP contribution in [0.5, 0.6) is 0 Å². The van der Waals surface area contributed by atoms with Gasteiger partial charge in [-0.2, -0.15) is 0 Å². The third kappa shape index (κ3) is 4.41. The minimum absolute atomic E-state index is 0.0712. The molecule has 0 aromatic rings. The van der Waals surface area contributed by atoms with E-state index in [4.69, 9.17) is 9.84 Å². The van der Waals surface area contributed by atoms with Crippen LogP contribution >= 0.6 is 0 Å². The van der Waals surface area contributed by atoms with Crippen molar-refractivity contribution in [2.45, 2.75) is 45.3 Å². The molecule has 0 aromatic heterocycles. The molecule has 0 radical (unpaired) electrons. The summed E-state index contributed by atoms with van der Waals surface area (Å²) in [7, 11) is 0. The maximum atomic E-state index is 12.2. The molecule has 4 unspecified atom stereocenters. The Labute approximate surface area is 125 Å². The van der Waals surface area contributed by atoms with Crippen molar-refractivity contribution in [2.75, 3.05) is 26.2 Å². The fourth-order valence-corrected chi connectivity index (χ4v) is 3.46. The number of rotatable bonds is 5. The van der Waals surface area contributed by atoms with Gasteiger partial charge in [0, 0.05) is 13.1 Å². The first-order chi connectivity index (χ1) is 9.97. The summed E-state index contributed by atoms with van der Waals surface area (Å²) < 4.78 is 5.61. The lowest BCUT2D eigenvalue weighted by molar-refractivity contribution is -0.142. The Kier molecular flexibility index (Phi) is 5.58. The third-order valence-electron chi connectivity index (χ3n) is 4.43. The fraction of sp³-hybridized carbons (Fsp3) is 0.867. The Bertz CT molecular complexity index is 378. The van der Waals surface area contributed by atoms with Crippen LogP contribution < -0.4 is 5.32 Å². The van der Waals surface area contributed by atoms with Gasteiger partial charge in [0.15, 0.2) is 0 Å². The van der Waals surface area contributed by atoms with E-state index in [1.807, 2.05) is 18.7 Å². The zero-order chi connectivity index (χ0) is 15.4. The number of hydrogen-bond donors (Lipinski definition) is 2. The number of morpholine rings is 1. The highest BCUT2D eigenvalue weighted by atomic mass is 16.5. The monoisotopic (exact) mass is 298 g/mol. The smallest absolute Gasteiger partial charge is 0.306 e. The molecule has 0 aromatic carbocycles. The molecule has 1 aliphatic heterocycles. The highest BCUT2D eigenvalue weighted by Gasteiger charge is 2.32. The molecule has 0 spiro atoms. The molecule has 6 nitrogen and oxygen atoms in total. The molecule has 120 valence electrons. The second-order valence-electron chi connectivity index (χ2n) is 6.32. The van der Waals surface area contributed by atoms with Gasteiger partial charge >= 0.3 is 5.97 Å². The van der Waals surface area contributed by atoms with Crippen LogP contribution in [-0.2, 0) is 14.3 Å². The Hall–Kier alpha value is -1.14. The van der Waals surface area contributed by atoms with Crippen molar-refractivity contribution in [1.82, 2.24) is 10.2 Å².